The molecule has 6 heteroatoms. The van der Waals surface area contributed by atoms with Crippen molar-refractivity contribution in [3.05, 3.63) is 51.0 Å². The van der Waals surface area contributed by atoms with Gasteiger partial charge in [-0.2, -0.15) is 10.2 Å². The van der Waals surface area contributed by atoms with Crippen molar-refractivity contribution in [2.75, 3.05) is 11.9 Å². The number of aromatic amines is 1. The predicted octanol–water partition coefficient (Wildman–Crippen LogP) is 2.17. The van der Waals surface area contributed by atoms with Crippen LogP contribution in [0.5, 0.6) is 0 Å². The number of benzene rings is 1. The molecule has 5 nitrogen and oxygen atoms in total. The molecular formula is C12H9BrN4O. The quantitative estimate of drug-likeness (QED) is 0.923. The van der Waals surface area contributed by atoms with Crippen LogP contribution in [0.15, 0.2) is 39.6 Å². The number of aromatic nitrogens is 2. The highest BCUT2D eigenvalue weighted by Crippen LogP contribution is 2.22. The summed E-state index contributed by atoms with van der Waals surface area (Å²) in [7, 11) is 1.78. The van der Waals surface area contributed by atoms with Crippen molar-refractivity contribution in [1.29, 1.82) is 5.26 Å². The first-order valence-electron chi connectivity index (χ1n) is 5.11. The Morgan fingerprint density at radius 2 is 2.06 bits per heavy atom. The molecule has 0 amide bonds. The minimum atomic E-state index is -0.534. The van der Waals surface area contributed by atoms with Gasteiger partial charge in [-0.25, -0.2) is 4.79 Å². The summed E-state index contributed by atoms with van der Waals surface area (Å²) in [6.07, 6.45) is 0. The summed E-state index contributed by atoms with van der Waals surface area (Å²) >= 11 is 3.35. The number of hydrogen-bond acceptors (Lipinski definition) is 4. The number of nitrogens with zero attached hydrogens (tertiary/aromatic N) is 3. The second-order valence-electron chi connectivity index (χ2n) is 3.61. The normalized spacial score (nSPS) is 9.83. The van der Waals surface area contributed by atoms with Gasteiger partial charge in [0.25, 0.3) is 0 Å². The first-order chi connectivity index (χ1) is 8.60. The molecule has 0 aliphatic rings. The molecular weight excluding hydrogens is 296 g/mol. The lowest BCUT2D eigenvalue weighted by Crippen LogP contribution is -2.19. The summed E-state index contributed by atoms with van der Waals surface area (Å²) in [6.45, 7) is 0. The topological polar surface area (TPSA) is 72.8 Å². The molecule has 0 saturated heterocycles. The van der Waals surface area contributed by atoms with Gasteiger partial charge < -0.3 is 4.90 Å². The number of rotatable bonds is 2. The number of nitrogens with one attached hydrogen (secondary N) is 1. The molecule has 18 heavy (non-hydrogen) atoms. The van der Waals surface area contributed by atoms with E-state index in [0.717, 1.165) is 10.2 Å². The Morgan fingerprint density at radius 3 is 2.67 bits per heavy atom. The fourth-order valence-corrected chi connectivity index (χ4v) is 1.74. The zero-order valence-electron chi connectivity index (χ0n) is 9.51. The van der Waals surface area contributed by atoms with Crippen molar-refractivity contribution in [2.24, 2.45) is 0 Å². The molecule has 1 aromatic heterocycles. The number of halogens is 1. The Kier molecular flexibility index (Phi) is 3.44. The van der Waals surface area contributed by atoms with Crippen LogP contribution in [-0.2, 0) is 0 Å². The van der Waals surface area contributed by atoms with Crippen LogP contribution >= 0.6 is 15.9 Å². The molecule has 0 aliphatic carbocycles. The minimum absolute atomic E-state index is 0.189. The Labute approximate surface area is 112 Å². The molecule has 1 N–H and O–H groups in total. The lowest BCUT2D eigenvalue weighted by molar-refractivity contribution is 1.01. The zero-order chi connectivity index (χ0) is 13.1. The summed E-state index contributed by atoms with van der Waals surface area (Å²) < 4.78 is 0.969. The average Bonchev–Trinajstić information content (AvgIpc) is 2.38. The molecule has 0 aliphatic heterocycles. The van der Waals surface area contributed by atoms with Crippen LogP contribution in [0.2, 0.25) is 0 Å². The maximum absolute atomic E-state index is 11.3. The van der Waals surface area contributed by atoms with E-state index in [1.807, 2.05) is 30.3 Å². The maximum atomic E-state index is 11.3. The second-order valence-corrected chi connectivity index (χ2v) is 4.52. The SMILES string of the molecule is CN(c1ccc(Br)cc1)c1cc(C#N)[nH]c(=O)n1. The molecule has 0 unspecified atom stereocenters. The summed E-state index contributed by atoms with van der Waals surface area (Å²) in [4.78, 5) is 19.2. The van der Waals surface area contributed by atoms with Gasteiger partial charge in [-0.15, -0.1) is 0 Å². The van der Waals surface area contributed by atoms with E-state index in [2.05, 4.69) is 25.9 Å². The third-order valence-electron chi connectivity index (χ3n) is 2.41. The van der Waals surface area contributed by atoms with E-state index in [4.69, 9.17) is 5.26 Å². The van der Waals surface area contributed by atoms with E-state index in [9.17, 15) is 4.79 Å². The molecule has 1 heterocycles. The first-order valence-corrected chi connectivity index (χ1v) is 5.90. The van der Waals surface area contributed by atoms with Gasteiger partial charge in [-0.1, -0.05) is 15.9 Å². The van der Waals surface area contributed by atoms with Crippen LogP contribution in [0.25, 0.3) is 0 Å². The van der Waals surface area contributed by atoms with E-state index in [1.165, 1.54) is 6.07 Å². The molecule has 0 bridgehead atoms. The Hall–Kier alpha value is -2.13. The minimum Gasteiger partial charge on any atom is -0.329 e. The Balaban J connectivity index is 2.43. The fraction of sp³-hybridized carbons (Fsp3) is 0.0833. The van der Waals surface area contributed by atoms with Crippen molar-refractivity contribution in [3.8, 4) is 6.07 Å². The van der Waals surface area contributed by atoms with Crippen molar-refractivity contribution < 1.29 is 0 Å². The highest BCUT2D eigenvalue weighted by Gasteiger charge is 2.07. The molecule has 0 saturated carbocycles. The molecule has 2 aromatic rings. The van der Waals surface area contributed by atoms with Gasteiger partial charge in [-0.05, 0) is 24.3 Å². The lowest BCUT2D eigenvalue weighted by Gasteiger charge is -2.17. The summed E-state index contributed by atoms with van der Waals surface area (Å²) in [5.74, 6) is 0.428. The molecule has 90 valence electrons. The van der Waals surface area contributed by atoms with Crippen molar-refractivity contribution in [3.63, 3.8) is 0 Å². The van der Waals surface area contributed by atoms with Crippen LogP contribution in [0.4, 0.5) is 11.5 Å². The van der Waals surface area contributed by atoms with Crippen LogP contribution < -0.4 is 10.6 Å². The van der Waals surface area contributed by atoms with Crippen LogP contribution in [0.3, 0.4) is 0 Å². The van der Waals surface area contributed by atoms with Crippen LogP contribution in [0.1, 0.15) is 5.69 Å². The standard InChI is InChI=1S/C12H9BrN4O/c1-17(10-4-2-8(13)3-5-10)11-6-9(7-14)15-12(18)16-11/h2-6H,1H3,(H,15,16,18). The Bertz CT molecular complexity index is 657. The van der Waals surface area contributed by atoms with Crippen molar-refractivity contribution in [2.45, 2.75) is 0 Å². The molecule has 0 fully saturated rings. The van der Waals surface area contributed by atoms with Crippen molar-refractivity contribution >= 4 is 27.4 Å². The van der Waals surface area contributed by atoms with E-state index >= 15 is 0 Å². The summed E-state index contributed by atoms with van der Waals surface area (Å²) in [5.41, 5.74) is 0.530. The van der Waals surface area contributed by atoms with E-state index in [0.29, 0.717) is 5.82 Å². The molecule has 0 atom stereocenters. The van der Waals surface area contributed by atoms with Crippen molar-refractivity contribution in [1.82, 2.24) is 9.97 Å². The van der Waals surface area contributed by atoms with Gasteiger partial charge in [0, 0.05) is 23.3 Å². The zero-order valence-corrected chi connectivity index (χ0v) is 11.1. The third-order valence-corrected chi connectivity index (χ3v) is 2.94. The largest absolute Gasteiger partial charge is 0.347 e. The van der Waals surface area contributed by atoms with Gasteiger partial charge in [0.1, 0.15) is 17.6 Å². The maximum Gasteiger partial charge on any atom is 0.347 e. The van der Waals surface area contributed by atoms with Gasteiger partial charge in [-0.3, -0.25) is 4.98 Å². The number of hydrogen-bond donors (Lipinski definition) is 1. The predicted molar refractivity (Wildman–Crippen MR) is 71.8 cm³/mol. The summed E-state index contributed by atoms with van der Waals surface area (Å²) in [6, 6.07) is 11.0. The van der Waals surface area contributed by atoms with Crippen LogP contribution in [0, 0.1) is 11.3 Å². The van der Waals surface area contributed by atoms with E-state index in [1.54, 1.807) is 11.9 Å². The highest BCUT2D eigenvalue weighted by molar-refractivity contribution is 9.10. The molecule has 0 radical (unpaired) electrons. The first kappa shape index (κ1) is 12.3. The van der Waals surface area contributed by atoms with E-state index in [-0.39, 0.29) is 5.69 Å². The molecule has 1 aromatic carbocycles. The van der Waals surface area contributed by atoms with Crippen LogP contribution in [-0.4, -0.2) is 17.0 Å². The fourth-order valence-electron chi connectivity index (χ4n) is 1.47. The molecule has 0 spiro atoms. The number of anilines is 2. The summed E-state index contributed by atoms with van der Waals surface area (Å²) in [5, 5.41) is 8.80. The highest BCUT2D eigenvalue weighted by atomic mass is 79.9. The van der Waals surface area contributed by atoms with Gasteiger partial charge in [0.2, 0.25) is 0 Å². The number of nitriles is 1. The lowest BCUT2D eigenvalue weighted by atomic mass is 10.3. The van der Waals surface area contributed by atoms with Gasteiger partial charge in [0.05, 0.1) is 0 Å². The number of H-pyrrole nitrogens is 1. The second kappa shape index (κ2) is 5.02. The average molecular weight is 305 g/mol. The smallest absolute Gasteiger partial charge is 0.329 e. The third kappa shape index (κ3) is 2.57. The molecule has 2 rings (SSSR count). The Morgan fingerprint density at radius 1 is 1.39 bits per heavy atom. The van der Waals surface area contributed by atoms with Gasteiger partial charge >= 0.3 is 5.69 Å². The van der Waals surface area contributed by atoms with Gasteiger partial charge in [0.15, 0.2) is 0 Å². The van der Waals surface area contributed by atoms with E-state index < -0.39 is 5.69 Å². The monoisotopic (exact) mass is 304 g/mol.